The van der Waals surface area contributed by atoms with Crippen LogP contribution in [0.3, 0.4) is 0 Å². The monoisotopic (exact) mass is 545 g/mol. The first-order valence-corrected chi connectivity index (χ1v) is 15.2. The van der Waals surface area contributed by atoms with Gasteiger partial charge in [-0.1, -0.05) is 0 Å². The fraction of sp³-hybridized carbons (Fsp3) is 0.600. The lowest BCUT2D eigenvalue weighted by Crippen LogP contribution is -2.66. The summed E-state index contributed by atoms with van der Waals surface area (Å²) in [5.41, 5.74) is 9.08. The Hall–Kier alpha value is -1.59. The van der Waals surface area contributed by atoms with Crippen LogP contribution >= 0.6 is 11.9 Å². The number of piperazine rings is 1. The third kappa shape index (κ3) is 4.21. The molecule has 4 N–H and O–H groups in total. The van der Waals surface area contributed by atoms with Gasteiger partial charge in [-0.05, 0) is 44.9 Å². The molecule has 1 atom stereocenters. The number of nitrogens with one attached hydrogen (secondary N) is 4. The first-order chi connectivity index (χ1) is 16.5. The molecule has 1 unspecified atom stereocenters. The zero-order chi connectivity index (χ0) is 25.1. The third-order valence-electron chi connectivity index (χ3n) is 6.68. The van der Waals surface area contributed by atoms with Crippen molar-refractivity contribution in [3.05, 3.63) is 46.1 Å². The van der Waals surface area contributed by atoms with Gasteiger partial charge in [-0.25, -0.2) is 21.6 Å². The Labute approximate surface area is 210 Å². The van der Waals surface area contributed by atoms with E-state index in [4.69, 9.17) is 4.74 Å². The van der Waals surface area contributed by atoms with Gasteiger partial charge in [-0.2, -0.15) is 4.31 Å². The second-order valence-corrected chi connectivity index (χ2v) is 14.6. The van der Waals surface area contributed by atoms with E-state index in [1.54, 1.807) is 32.2 Å². The number of fused-ring (bicyclic) bond motifs is 1. The van der Waals surface area contributed by atoms with Crippen LogP contribution in [0, 0.1) is 0 Å². The average Bonchev–Trinajstić information content (AvgIpc) is 3.49. The van der Waals surface area contributed by atoms with Crippen molar-refractivity contribution in [1.82, 2.24) is 34.6 Å². The first-order valence-electron chi connectivity index (χ1n) is 11.4. The van der Waals surface area contributed by atoms with Crippen LogP contribution in [0.2, 0.25) is 0 Å². The minimum atomic E-state index is -3.88. The molecule has 0 radical (unpaired) electrons. The SMILES string of the molecule is CC(C)S(=O)(=O)N1CCN(C2(N3NC=CS3)C=C(S(=O)(=O)NC3(C)COC3)C=C3NNC=C32)CC1. The summed E-state index contributed by atoms with van der Waals surface area (Å²) in [4.78, 5) is 2.24. The molecule has 4 heterocycles. The summed E-state index contributed by atoms with van der Waals surface area (Å²) in [6.07, 6.45) is 6.95. The molecule has 194 valence electrons. The van der Waals surface area contributed by atoms with E-state index in [2.05, 4.69) is 25.9 Å². The normalized spacial score (nSPS) is 29.4. The Morgan fingerprint density at radius 1 is 1.14 bits per heavy atom. The molecule has 1 aliphatic carbocycles. The molecule has 4 aliphatic heterocycles. The number of hydrazine groups is 2. The van der Waals surface area contributed by atoms with Crippen LogP contribution in [0.4, 0.5) is 0 Å². The number of nitrogens with zero attached hydrogens (tertiary/aromatic N) is 3. The van der Waals surface area contributed by atoms with Crippen LogP contribution in [0.15, 0.2) is 46.1 Å². The van der Waals surface area contributed by atoms with Gasteiger partial charge in [0.05, 0.1) is 34.6 Å². The van der Waals surface area contributed by atoms with Crippen molar-refractivity contribution in [2.75, 3.05) is 39.4 Å². The van der Waals surface area contributed by atoms with Crippen molar-refractivity contribution in [1.29, 1.82) is 0 Å². The largest absolute Gasteiger partial charge is 0.377 e. The fourth-order valence-electron chi connectivity index (χ4n) is 4.75. The Morgan fingerprint density at radius 3 is 2.43 bits per heavy atom. The van der Waals surface area contributed by atoms with E-state index in [9.17, 15) is 16.8 Å². The van der Waals surface area contributed by atoms with Gasteiger partial charge < -0.3 is 21.0 Å². The van der Waals surface area contributed by atoms with Gasteiger partial charge >= 0.3 is 0 Å². The lowest BCUT2D eigenvalue weighted by molar-refractivity contribution is -0.0522. The minimum absolute atomic E-state index is 0.125. The zero-order valence-electron chi connectivity index (χ0n) is 19.8. The molecule has 15 heteroatoms. The van der Waals surface area contributed by atoms with E-state index in [-0.39, 0.29) is 4.91 Å². The molecule has 2 fully saturated rings. The summed E-state index contributed by atoms with van der Waals surface area (Å²) >= 11 is 1.41. The van der Waals surface area contributed by atoms with E-state index < -0.39 is 36.5 Å². The van der Waals surface area contributed by atoms with Gasteiger partial charge in [0.1, 0.15) is 0 Å². The van der Waals surface area contributed by atoms with Crippen molar-refractivity contribution in [3.8, 4) is 0 Å². The molecule has 0 amide bonds. The first kappa shape index (κ1) is 25.1. The maximum absolute atomic E-state index is 13.5. The second-order valence-electron chi connectivity index (χ2n) is 9.63. The third-order valence-corrected chi connectivity index (χ3v) is 11.4. The number of hydrogen-bond donors (Lipinski definition) is 4. The summed E-state index contributed by atoms with van der Waals surface area (Å²) in [5.74, 6) is 0. The maximum atomic E-state index is 13.5. The number of sulfonamides is 2. The zero-order valence-corrected chi connectivity index (χ0v) is 22.3. The Bertz CT molecular complexity index is 1210. The summed E-state index contributed by atoms with van der Waals surface area (Å²) in [5, 5.41) is 1.38. The molecule has 0 aromatic rings. The highest BCUT2D eigenvalue weighted by Crippen LogP contribution is 2.44. The molecule has 2 saturated heterocycles. The van der Waals surface area contributed by atoms with Crippen LogP contribution in [-0.2, 0) is 24.8 Å². The van der Waals surface area contributed by atoms with Gasteiger partial charge in [0, 0.05) is 49.6 Å². The standard InChI is InChI=1S/C20H31N7O5S3/c1-15(2)35(30,31)26-7-5-25(6-8-26)20(27-22-4-9-33-27)11-16(10-18-17(20)12-21-23-18)34(28,29)24-19(3)13-32-14-19/h4,9-12,15,21-24H,5-8,13-14H2,1-3H3. The quantitative estimate of drug-likeness (QED) is 0.307. The Kier molecular flexibility index (Phi) is 6.28. The summed E-state index contributed by atoms with van der Waals surface area (Å²) < 4.78 is 64.0. The highest BCUT2D eigenvalue weighted by molar-refractivity contribution is 8.00. The van der Waals surface area contributed by atoms with Crippen molar-refractivity contribution in [2.24, 2.45) is 0 Å². The molecule has 5 aliphatic rings. The molecule has 0 aromatic heterocycles. The van der Waals surface area contributed by atoms with Crippen LogP contribution in [0.1, 0.15) is 20.8 Å². The molecule has 5 rings (SSSR count). The fourth-order valence-corrected chi connectivity index (χ4v) is 8.29. The highest BCUT2D eigenvalue weighted by Gasteiger charge is 2.52. The van der Waals surface area contributed by atoms with Crippen LogP contribution in [0.25, 0.3) is 0 Å². The molecular weight excluding hydrogens is 514 g/mol. The van der Waals surface area contributed by atoms with Crippen molar-refractivity contribution >= 4 is 32.0 Å². The van der Waals surface area contributed by atoms with Gasteiger partial charge in [0.2, 0.25) is 20.0 Å². The molecule has 0 bridgehead atoms. The highest BCUT2D eigenvalue weighted by atomic mass is 32.2. The molecule has 12 nitrogen and oxygen atoms in total. The molecule has 35 heavy (non-hydrogen) atoms. The molecule has 0 spiro atoms. The maximum Gasteiger partial charge on any atom is 0.241 e. The van der Waals surface area contributed by atoms with Gasteiger partial charge in [0.25, 0.3) is 0 Å². The Morgan fingerprint density at radius 2 is 1.86 bits per heavy atom. The van der Waals surface area contributed by atoms with Gasteiger partial charge in [-0.3, -0.25) is 4.90 Å². The number of rotatable bonds is 7. The van der Waals surface area contributed by atoms with Crippen LogP contribution < -0.4 is 21.0 Å². The average molecular weight is 546 g/mol. The summed E-state index contributed by atoms with van der Waals surface area (Å²) in [7, 11) is -7.27. The van der Waals surface area contributed by atoms with Gasteiger partial charge in [0.15, 0.2) is 5.66 Å². The number of hydrogen-bond acceptors (Lipinski definition) is 11. The lowest BCUT2D eigenvalue weighted by atomic mass is 9.91. The predicted octanol–water partition coefficient (Wildman–Crippen LogP) is -0.540. The molecular formula is C20H31N7O5S3. The van der Waals surface area contributed by atoms with Crippen LogP contribution in [0.5, 0.6) is 0 Å². The summed E-state index contributed by atoms with van der Waals surface area (Å²) in [6, 6.07) is 0. The van der Waals surface area contributed by atoms with Gasteiger partial charge in [-0.15, -0.1) is 4.41 Å². The van der Waals surface area contributed by atoms with Crippen molar-refractivity contribution in [3.63, 3.8) is 0 Å². The van der Waals surface area contributed by atoms with E-state index in [0.29, 0.717) is 45.1 Å². The second kappa shape index (κ2) is 8.76. The Balaban J connectivity index is 1.53. The van der Waals surface area contributed by atoms with Crippen LogP contribution in [-0.4, -0.2) is 86.3 Å². The van der Waals surface area contributed by atoms with E-state index in [1.165, 1.54) is 16.3 Å². The number of ether oxygens (including phenoxy) is 1. The smallest absolute Gasteiger partial charge is 0.241 e. The predicted molar refractivity (Wildman–Crippen MR) is 133 cm³/mol. The molecule has 0 saturated carbocycles. The van der Waals surface area contributed by atoms with Crippen molar-refractivity contribution < 1.29 is 21.6 Å². The number of allylic oxidation sites excluding steroid dienone is 1. The topological polar surface area (TPSA) is 135 Å². The van der Waals surface area contributed by atoms with E-state index >= 15 is 0 Å². The minimum Gasteiger partial charge on any atom is -0.377 e. The lowest BCUT2D eigenvalue weighted by Gasteiger charge is -2.51. The molecule has 0 aromatic carbocycles. The summed E-state index contributed by atoms with van der Waals surface area (Å²) in [6.45, 7) is 7.25. The van der Waals surface area contributed by atoms with E-state index in [0.717, 1.165) is 5.57 Å². The van der Waals surface area contributed by atoms with E-state index in [1.807, 2.05) is 22.9 Å². The van der Waals surface area contributed by atoms with Crippen molar-refractivity contribution in [2.45, 2.75) is 37.2 Å².